The van der Waals surface area contributed by atoms with Crippen LogP contribution in [0.25, 0.3) is 16.8 Å². The first-order chi connectivity index (χ1) is 8.79. The number of pyridine rings is 2. The van der Waals surface area contributed by atoms with Crippen molar-refractivity contribution in [3.63, 3.8) is 0 Å². The number of hydrogen-bond acceptors (Lipinski definition) is 3. The number of anilines is 1. The van der Waals surface area contributed by atoms with Gasteiger partial charge in [-0.05, 0) is 36.8 Å². The highest BCUT2D eigenvalue weighted by Gasteiger charge is 2.09. The van der Waals surface area contributed by atoms with Crippen molar-refractivity contribution in [3.05, 3.63) is 48.3 Å². The summed E-state index contributed by atoms with van der Waals surface area (Å²) in [5, 5.41) is 4.35. The van der Waals surface area contributed by atoms with Crippen LogP contribution in [-0.4, -0.2) is 14.6 Å². The lowest BCUT2D eigenvalue weighted by Gasteiger charge is -2.09. The highest BCUT2D eigenvalue weighted by Crippen LogP contribution is 2.24. The molecule has 5 heteroatoms. The molecule has 0 unspecified atom stereocenters. The number of halogens is 1. The Labute approximate surface area is 117 Å². The molecule has 3 heterocycles. The van der Waals surface area contributed by atoms with Crippen molar-refractivity contribution in [2.24, 2.45) is 0 Å². The third-order valence-corrected chi connectivity index (χ3v) is 3.03. The van der Waals surface area contributed by atoms with Gasteiger partial charge in [-0.25, -0.2) is 9.50 Å². The van der Waals surface area contributed by atoms with Crippen LogP contribution in [0.15, 0.2) is 42.6 Å². The van der Waals surface area contributed by atoms with E-state index in [2.05, 4.69) is 17.0 Å². The van der Waals surface area contributed by atoms with Gasteiger partial charge in [-0.2, -0.15) is 5.10 Å². The maximum atomic E-state index is 5.74. The lowest BCUT2D eigenvalue weighted by molar-refractivity contribution is 0.957. The largest absolute Gasteiger partial charge is 0.384 e. The number of hydrogen-bond donors (Lipinski definition) is 1. The molecule has 2 N–H and O–H groups in total. The van der Waals surface area contributed by atoms with Crippen LogP contribution in [-0.2, 0) is 6.42 Å². The zero-order valence-corrected chi connectivity index (χ0v) is 11.4. The van der Waals surface area contributed by atoms with Gasteiger partial charge in [0, 0.05) is 5.56 Å². The standard InChI is InChI=1S/C14H14N4.ClH/c1-2-12-11(6-7-14(15)17-12)13-5-3-4-10-8-9-16-18(10)13;/h3-9H,2H2,1H3,(H2,15,17);1H. The van der Waals surface area contributed by atoms with Gasteiger partial charge in [0.2, 0.25) is 0 Å². The quantitative estimate of drug-likeness (QED) is 0.782. The van der Waals surface area contributed by atoms with E-state index in [-0.39, 0.29) is 12.4 Å². The van der Waals surface area contributed by atoms with Crippen LogP contribution in [0.4, 0.5) is 5.82 Å². The summed E-state index contributed by atoms with van der Waals surface area (Å²) in [6, 6.07) is 11.9. The highest BCUT2D eigenvalue weighted by molar-refractivity contribution is 5.85. The fourth-order valence-corrected chi connectivity index (χ4v) is 2.17. The first-order valence-corrected chi connectivity index (χ1v) is 5.98. The van der Waals surface area contributed by atoms with Crippen LogP contribution in [0, 0.1) is 0 Å². The molecule has 0 atom stereocenters. The molecule has 3 aromatic heterocycles. The van der Waals surface area contributed by atoms with Gasteiger partial charge < -0.3 is 5.73 Å². The number of nitrogen functional groups attached to an aromatic ring is 1. The Hall–Kier alpha value is -2.07. The molecule has 0 aromatic carbocycles. The molecule has 0 aliphatic carbocycles. The van der Waals surface area contributed by atoms with E-state index < -0.39 is 0 Å². The van der Waals surface area contributed by atoms with Crippen molar-refractivity contribution in [1.29, 1.82) is 0 Å². The van der Waals surface area contributed by atoms with Gasteiger partial charge in [0.1, 0.15) is 5.82 Å². The maximum Gasteiger partial charge on any atom is 0.123 e. The molecule has 98 valence electrons. The molecule has 19 heavy (non-hydrogen) atoms. The molecule has 3 aromatic rings. The minimum absolute atomic E-state index is 0. The Morgan fingerprint density at radius 2 is 2.00 bits per heavy atom. The first kappa shape index (κ1) is 13.4. The smallest absolute Gasteiger partial charge is 0.123 e. The summed E-state index contributed by atoms with van der Waals surface area (Å²) in [6.07, 6.45) is 2.65. The van der Waals surface area contributed by atoms with Gasteiger partial charge in [0.05, 0.1) is 23.1 Å². The average Bonchev–Trinajstić information content (AvgIpc) is 2.86. The number of aromatic nitrogens is 3. The van der Waals surface area contributed by atoms with E-state index >= 15 is 0 Å². The van der Waals surface area contributed by atoms with Crippen LogP contribution in [0.2, 0.25) is 0 Å². The Bertz CT molecular complexity index is 705. The number of rotatable bonds is 2. The molecule has 0 aliphatic rings. The van der Waals surface area contributed by atoms with E-state index in [4.69, 9.17) is 5.73 Å². The molecule has 4 nitrogen and oxygen atoms in total. The summed E-state index contributed by atoms with van der Waals surface area (Å²) < 4.78 is 1.92. The molecule has 3 rings (SSSR count). The Morgan fingerprint density at radius 1 is 1.16 bits per heavy atom. The number of nitrogens with two attached hydrogens (primary N) is 1. The highest BCUT2D eigenvalue weighted by atomic mass is 35.5. The second-order valence-corrected chi connectivity index (χ2v) is 4.16. The summed E-state index contributed by atoms with van der Waals surface area (Å²) in [4.78, 5) is 4.40. The molecule has 0 aliphatic heterocycles. The van der Waals surface area contributed by atoms with E-state index in [1.54, 1.807) is 6.20 Å². The molecular formula is C14H15ClN4. The normalized spacial score (nSPS) is 10.4. The van der Waals surface area contributed by atoms with Gasteiger partial charge in [0.25, 0.3) is 0 Å². The van der Waals surface area contributed by atoms with Crippen LogP contribution in [0.3, 0.4) is 0 Å². The van der Waals surface area contributed by atoms with E-state index in [1.807, 2.05) is 40.9 Å². The van der Waals surface area contributed by atoms with Gasteiger partial charge in [0.15, 0.2) is 0 Å². The van der Waals surface area contributed by atoms with Crippen LogP contribution >= 0.6 is 12.4 Å². The van der Waals surface area contributed by atoms with E-state index in [0.717, 1.165) is 28.9 Å². The van der Waals surface area contributed by atoms with Crippen molar-refractivity contribution >= 4 is 23.7 Å². The third-order valence-electron chi connectivity index (χ3n) is 3.03. The summed E-state index contributed by atoms with van der Waals surface area (Å²) in [5.74, 6) is 0.559. The zero-order chi connectivity index (χ0) is 12.5. The van der Waals surface area contributed by atoms with Crippen LogP contribution in [0.5, 0.6) is 0 Å². The van der Waals surface area contributed by atoms with Crippen LogP contribution in [0.1, 0.15) is 12.6 Å². The van der Waals surface area contributed by atoms with E-state index in [0.29, 0.717) is 5.82 Å². The predicted molar refractivity (Wildman–Crippen MR) is 79.5 cm³/mol. The number of nitrogens with zero attached hydrogens (tertiary/aromatic N) is 3. The van der Waals surface area contributed by atoms with Crippen molar-refractivity contribution in [3.8, 4) is 11.3 Å². The number of aryl methyl sites for hydroxylation is 1. The first-order valence-electron chi connectivity index (χ1n) is 5.98. The molecule has 0 fully saturated rings. The maximum absolute atomic E-state index is 5.74. The Kier molecular flexibility index (Phi) is 3.71. The predicted octanol–water partition coefficient (Wildman–Crippen LogP) is 2.96. The second kappa shape index (κ2) is 5.28. The molecule has 0 bridgehead atoms. The molecule has 0 amide bonds. The molecule has 0 radical (unpaired) electrons. The second-order valence-electron chi connectivity index (χ2n) is 4.16. The molecule has 0 saturated heterocycles. The van der Waals surface area contributed by atoms with E-state index in [1.165, 1.54) is 0 Å². The van der Waals surface area contributed by atoms with Crippen molar-refractivity contribution in [2.75, 3.05) is 5.73 Å². The van der Waals surface area contributed by atoms with Crippen molar-refractivity contribution < 1.29 is 0 Å². The fraction of sp³-hybridized carbons (Fsp3) is 0.143. The van der Waals surface area contributed by atoms with Gasteiger partial charge in [-0.1, -0.05) is 13.0 Å². The Balaban J connectivity index is 0.00000133. The van der Waals surface area contributed by atoms with Gasteiger partial charge >= 0.3 is 0 Å². The SMILES string of the molecule is CCc1nc(N)ccc1-c1cccc2ccnn12.Cl. The minimum atomic E-state index is 0. The number of fused-ring (bicyclic) bond motifs is 1. The molecule has 0 saturated carbocycles. The molecular weight excluding hydrogens is 260 g/mol. The Morgan fingerprint density at radius 3 is 2.79 bits per heavy atom. The van der Waals surface area contributed by atoms with Gasteiger partial charge in [-0.15, -0.1) is 12.4 Å². The summed E-state index contributed by atoms with van der Waals surface area (Å²) in [5.41, 5.74) is 9.94. The summed E-state index contributed by atoms with van der Waals surface area (Å²) >= 11 is 0. The molecule has 0 spiro atoms. The summed E-state index contributed by atoms with van der Waals surface area (Å²) in [7, 11) is 0. The fourth-order valence-electron chi connectivity index (χ4n) is 2.17. The van der Waals surface area contributed by atoms with Crippen molar-refractivity contribution in [1.82, 2.24) is 14.6 Å². The third kappa shape index (κ3) is 2.27. The van der Waals surface area contributed by atoms with E-state index in [9.17, 15) is 0 Å². The lowest BCUT2D eigenvalue weighted by atomic mass is 10.1. The average molecular weight is 275 g/mol. The van der Waals surface area contributed by atoms with Crippen molar-refractivity contribution in [2.45, 2.75) is 13.3 Å². The van der Waals surface area contributed by atoms with Crippen LogP contribution < -0.4 is 5.73 Å². The minimum Gasteiger partial charge on any atom is -0.384 e. The zero-order valence-electron chi connectivity index (χ0n) is 10.6. The summed E-state index contributed by atoms with van der Waals surface area (Å²) in [6.45, 7) is 2.08. The van der Waals surface area contributed by atoms with Gasteiger partial charge in [-0.3, -0.25) is 0 Å². The topological polar surface area (TPSA) is 56.2 Å². The monoisotopic (exact) mass is 274 g/mol. The lowest BCUT2D eigenvalue weighted by Crippen LogP contribution is -2.01.